The van der Waals surface area contributed by atoms with Gasteiger partial charge < -0.3 is 10.2 Å². The first-order valence-corrected chi connectivity index (χ1v) is 9.59. The molecule has 0 aromatic heterocycles. The molecule has 0 saturated carbocycles. The second kappa shape index (κ2) is 8.79. The highest BCUT2D eigenvalue weighted by Crippen LogP contribution is 2.25. The van der Waals surface area contributed by atoms with Crippen LogP contribution < -0.4 is 15.5 Å². The Morgan fingerprint density at radius 3 is 2.57 bits per heavy atom. The molecular formula is C20H22N4O3S. The molecule has 2 N–H and O–H groups in total. The van der Waals surface area contributed by atoms with Gasteiger partial charge in [-0.25, -0.2) is 0 Å². The normalized spacial score (nSPS) is 16.3. The van der Waals surface area contributed by atoms with Crippen molar-refractivity contribution in [2.75, 3.05) is 16.8 Å². The van der Waals surface area contributed by atoms with E-state index in [9.17, 15) is 14.9 Å². The van der Waals surface area contributed by atoms with E-state index in [1.165, 1.54) is 37.5 Å². The Bertz CT molecular complexity index is 885. The quantitative estimate of drug-likeness (QED) is 0.458. The van der Waals surface area contributed by atoms with E-state index >= 15 is 0 Å². The summed E-state index contributed by atoms with van der Waals surface area (Å²) < 4.78 is 0. The fourth-order valence-corrected chi connectivity index (χ4v) is 3.59. The Hall–Kier alpha value is -3.00. The zero-order valence-electron chi connectivity index (χ0n) is 15.6. The standard InChI is InChI=1S/C20H22N4O3S/c1-14-6-4-5-13-23(14)16-11-9-15(10-12-16)21-20(28)22-19(25)17-7-2-3-8-18(17)24(26)27/h2-3,7-12,14H,4-6,13H2,1H3,(H2,21,22,25,28)/t14-/m1/s1. The van der Waals surface area contributed by atoms with Crippen LogP contribution in [0.1, 0.15) is 36.5 Å². The van der Waals surface area contributed by atoms with Crippen molar-refractivity contribution in [1.29, 1.82) is 0 Å². The topological polar surface area (TPSA) is 87.5 Å². The van der Waals surface area contributed by atoms with E-state index in [-0.39, 0.29) is 16.4 Å². The number of rotatable bonds is 4. The van der Waals surface area contributed by atoms with Crippen LogP contribution in [0.15, 0.2) is 48.5 Å². The maximum atomic E-state index is 12.3. The van der Waals surface area contributed by atoms with E-state index in [1.807, 2.05) is 24.3 Å². The minimum absolute atomic E-state index is 0.0360. The average Bonchev–Trinajstić information content (AvgIpc) is 2.69. The van der Waals surface area contributed by atoms with Crippen molar-refractivity contribution in [3.8, 4) is 0 Å². The van der Waals surface area contributed by atoms with Crippen molar-refractivity contribution >= 4 is 40.3 Å². The van der Waals surface area contributed by atoms with Gasteiger partial charge in [0, 0.05) is 30.0 Å². The number of hydrogen-bond acceptors (Lipinski definition) is 5. The highest BCUT2D eigenvalue weighted by atomic mass is 32.1. The summed E-state index contributed by atoms with van der Waals surface area (Å²) in [5.74, 6) is -0.622. The summed E-state index contributed by atoms with van der Waals surface area (Å²) >= 11 is 5.17. The van der Waals surface area contributed by atoms with Crippen molar-refractivity contribution in [3.63, 3.8) is 0 Å². The Morgan fingerprint density at radius 1 is 1.18 bits per heavy atom. The molecule has 3 rings (SSSR count). The Labute approximate surface area is 168 Å². The number of thiocarbonyl (C=S) groups is 1. The van der Waals surface area contributed by atoms with Crippen LogP contribution in [-0.4, -0.2) is 28.5 Å². The molecule has 8 heteroatoms. The Kier molecular flexibility index (Phi) is 6.20. The van der Waals surface area contributed by atoms with Crippen molar-refractivity contribution in [2.45, 2.75) is 32.2 Å². The molecule has 146 valence electrons. The minimum Gasteiger partial charge on any atom is -0.369 e. The third kappa shape index (κ3) is 4.64. The van der Waals surface area contributed by atoms with Gasteiger partial charge in [0.25, 0.3) is 11.6 Å². The molecule has 2 aromatic rings. The van der Waals surface area contributed by atoms with E-state index in [1.54, 1.807) is 6.07 Å². The van der Waals surface area contributed by atoms with Gasteiger partial charge in [-0.05, 0) is 68.7 Å². The zero-order chi connectivity index (χ0) is 20.1. The van der Waals surface area contributed by atoms with E-state index in [0.29, 0.717) is 6.04 Å². The molecule has 0 bridgehead atoms. The summed E-state index contributed by atoms with van der Waals surface area (Å²) in [6.07, 6.45) is 3.67. The van der Waals surface area contributed by atoms with Gasteiger partial charge in [0.1, 0.15) is 5.56 Å². The van der Waals surface area contributed by atoms with Crippen molar-refractivity contribution in [3.05, 3.63) is 64.2 Å². The molecule has 1 heterocycles. The van der Waals surface area contributed by atoms with Crippen LogP contribution in [0.5, 0.6) is 0 Å². The highest BCUT2D eigenvalue weighted by Gasteiger charge is 2.20. The van der Waals surface area contributed by atoms with Crippen molar-refractivity contribution in [1.82, 2.24) is 5.32 Å². The van der Waals surface area contributed by atoms with Gasteiger partial charge in [-0.1, -0.05) is 12.1 Å². The van der Waals surface area contributed by atoms with Gasteiger partial charge in [-0.3, -0.25) is 20.2 Å². The molecule has 1 atom stereocenters. The van der Waals surface area contributed by atoms with Gasteiger partial charge in [0.05, 0.1) is 4.92 Å². The molecule has 28 heavy (non-hydrogen) atoms. The predicted molar refractivity (Wildman–Crippen MR) is 114 cm³/mol. The number of piperidine rings is 1. The lowest BCUT2D eigenvalue weighted by Crippen LogP contribution is -2.37. The predicted octanol–water partition coefficient (Wildman–Crippen LogP) is 4.10. The lowest BCUT2D eigenvalue weighted by atomic mass is 10.0. The summed E-state index contributed by atoms with van der Waals surface area (Å²) in [5, 5.41) is 16.6. The van der Waals surface area contributed by atoms with Gasteiger partial charge in [0.2, 0.25) is 0 Å². The lowest BCUT2D eigenvalue weighted by molar-refractivity contribution is -0.385. The number of para-hydroxylation sites is 1. The van der Waals surface area contributed by atoms with Gasteiger partial charge in [0.15, 0.2) is 5.11 Å². The van der Waals surface area contributed by atoms with Crippen molar-refractivity contribution in [2.24, 2.45) is 0 Å². The zero-order valence-corrected chi connectivity index (χ0v) is 16.4. The first-order valence-electron chi connectivity index (χ1n) is 9.18. The number of nitrogens with one attached hydrogen (secondary N) is 2. The highest BCUT2D eigenvalue weighted by molar-refractivity contribution is 7.80. The fraction of sp³-hybridized carbons (Fsp3) is 0.300. The number of benzene rings is 2. The number of carbonyl (C=O) groups excluding carboxylic acids is 1. The molecular weight excluding hydrogens is 376 g/mol. The van der Waals surface area contributed by atoms with Crippen LogP contribution in [0, 0.1) is 10.1 Å². The molecule has 1 saturated heterocycles. The summed E-state index contributed by atoms with van der Waals surface area (Å²) in [6, 6.07) is 14.1. The third-order valence-electron chi connectivity index (χ3n) is 4.83. The third-order valence-corrected chi connectivity index (χ3v) is 5.04. The Balaban J connectivity index is 1.62. The molecule has 0 spiro atoms. The SMILES string of the molecule is C[C@@H]1CCCCN1c1ccc(NC(=S)NC(=O)c2ccccc2[N+](=O)[O-])cc1. The average molecular weight is 398 g/mol. The number of nitrogens with zero attached hydrogens (tertiary/aromatic N) is 2. The van der Waals surface area contributed by atoms with E-state index < -0.39 is 10.8 Å². The number of anilines is 2. The Morgan fingerprint density at radius 2 is 1.89 bits per heavy atom. The van der Waals surface area contributed by atoms with E-state index in [4.69, 9.17) is 12.2 Å². The first-order chi connectivity index (χ1) is 13.5. The van der Waals surface area contributed by atoms with Crippen LogP contribution in [0.25, 0.3) is 0 Å². The van der Waals surface area contributed by atoms with E-state index in [0.717, 1.165) is 17.9 Å². The largest absolute Gasteiger partial charge is 0.369 e. The number of hydrogen-bond donors (Lipinski definition) is 2. The summed E-state index contributed by atoms with van der Waals surface area (Å²) in [7, 11) is 0. The number of amides is 1. The second-order valence-corrected chi connectivity index (χ2v) is 7.18. The van der Waals surface area contributed by atoms with E-state index in [2.05, 4.69) is 22.5 Å². The minimum atomic E-state index is -0.622. The van der Waals surface area contributed by atoms with Gasteiger partial charge in [-0.15, -0.1) is 0 Å². The van der Waals surface area contributed by atoms with Gasteiger partial charge in [-0.2, -0.15) is 0 Å². The fourth-order valence-electron chi connectivity index (χ4n) is 3.38. The summed E-state index contributed by atoms with van der Waals surface area (Å²) in [5.41, 5.74) is 1.60. The molecule has 1 aliphatic heterocycles. The molecule has 1 amide bonds. The monoisotopic (exact) mass is 398 g/mol. The number of nitro groups is 1. The van der Waals surface area contributed by atoms with Crippen LogP contribution >= 0.6 is 12.2 Å². The van der Waals surface area contributed by atoms with Gasteiger partial charge >= 0.3 is 0 Å². The maximum Gasteiger partial charge on any atom is 0.282 e. The van der Waals surface area contributed by atoms with Crippen LogP contribution in [0.2, 0.25) is 0 Å². The molecule has 1 fully saturated rings. The number of carbonyl (C=O) groups is 1. The molecule has 0 unspecified atom stereocenters. The maximum absolute atomic E-state index is 12.3. The van der Waals surface area contributed by atoms with Crippen LogP contribution in [0.3, 0.4) is 0 Å². The summed E-state index contributed by atoms with van der Waals surface area (Å²) in [6.45, 7) is 3.29. The molecule has 1 aliphatic rings. The summed E-state index contributed by atoms with van der Waals surface area (Å²) in [4.78, 5) is 25.2. The first kappa shape index (κ1) is 19.8. The second-order valence-electron chi connectivity index (χ2n) is 6.77. The molecule has 7 nitrogen and oxygen atoms in total. The molecule has 0 aliphatic carbocycles. The molecule has 2 aromatic carbocycles. The van der Waals surface area contributed by atoms with Crippen LogP contribution in [-0.2, 0) is 0 Å². The molecule has 0 radical (unpaired) electrons. The van der Waals surface area contributed by atoms with Crippen molar-refractivity contribution < 1.29 is 9.72 Å². The van der Waals surface area contributed by atoms with Crippen LogP contribution in [0.4, 0.5) is 17.1 Å². The lowest BCUT2D eigenvalue weighted by Gasteiger charge is -2.35. The number of nitro benzene ring substituents is 1. The smallest absolute Gasteiger partial charge is 0.282 e.